The van der Waals surface area contributed by atoms with Crippen LogP contribution < -0.4 is 0 Å². The first-order valence-electron chi connectivity index (χ1n) is 4.88. The molecule has 2 rings (SSSR count). The molecule has 0 amide bonds. The largest absolute Gasteiger partial charge is 0.289 e. The lowest BCUT2D eigenvalue weighted by atomic mass is 10.2. The van der Waals surface area contributed by atoms with Crippen molar-refractivity contribution in [2.45, 2.75) is 0 Å². The van der Waals surface area contributed by atoms with Crippen LogP contribution in [0, 0.1) is 0 Å². The van der Waals surface area contributed by atoms with Crippen LogP contribution >= 0.6 is 0 Å². The Bertz CT molecular complexity index is 514. The second-order valence-corrected chi connectivity index (χ2v) is 3.35. The Hall–Kier alpha value is -2.23. The molecule has 0 atom stereocenters. The third-order valence-electron chi connectivity index (χ3n) is 2.09. The Labute approximate surface area is 93.2 Å². The smallest absolute Gasteiger partial charge is 0.187 e. The van der Waals surface area contributed by atoms with E-state index in [2.05, 4.69) is 10.1 Å². The minimum atomic E-state index is -0.0706. The highest BCUT2D eigenvalue weighted by molar-refractivity contribution is 6.06. The van der Waals surface area contributed by atoms with Crippen LogP contribution in [0.3, 0.4) is 0 Å². The molecule has 16 heavy (non-hydrogen) atoms. The molecule has 0 aliphatic rings. The van der Waals surface area contributed by atoms with E-state index in [4.69, 9.17) is 0 Å². The van der Waals surface area contributed by atoms with E-state index in [0.29, 0.717) is 5.56 Å². The quantitative estimate of drug-likeness (QED) is 0.576. The van der Waals surface area contributed by atoms with Crippen molar-refractivity contribution in [3.8, 4) is 0 Å². The lowest BCUT2D eigenvalue weighted by molar-refractivity contribution is 0.104. The van der Waals surface area contributed by atoms with Crippen LogP contribution in [0.25, 0.3) is 6.08 Å². The molecule has 0 aliphatic carbocycles. The number of nitrogens with zero attached hydrogens (tertiary/aromatic N) is 3. The van der Waals surface area contributed by atoms with Crippen molar-refractivity contribution < 1.29 is 4.79 Å². The summed E-state index contributed by atoms with van der Waals surface area (Å²) in [5.41, 5.74) is 1.34. The third kappa shape index (κ3) is 2.42. The van der Waals surface area contributed by atoms with Crippen molar-refractivity contribution in [2.75, 3.05) is 0 Å². The van der Waals surface area contributed by atoms with Crippen LogP contribution in [0.4, 0.5) is 0 Å². The molecule has 0 bridgehead atoms. The first-order chi connectivity index (χ1) is 7.75. The normalized spacial score (nSPS) is 10.8. The van der Waals surface area contributed by atoms with Gasteiger partial charge in [0.1, 0.15) is 0 Å². The maximum atomic E-state index is 11.7. The SMILES string of the molecule is Cn1ccc(/C=C/C(=O)c2cccnc2)n1. The number of allylic oxidation sites excluding steroid dienone is 1. The van der Waals surface area contributed by atoms with Gasteiger partial charge in [0.2, 0.25) is 0 Å². The number of carbonyl (C=O) groups is 1. The zero-order chi connectivity index (χ0) is 11.4. The molecule has 0 saturated carbocycles. The average Bonchev–Trinajstić information content (AvgIpc) is 2.73. The monoisotopic (exact) mass is 213 g/mol. The van der Waals surface area contributed by atoms with Gasteiger partial charge in [-0.1, -0.05) is 0 Å². The van der Waals surface area contributed by atoms with Gasteiger partial charge in [-0.15, -0.1) is 0 Å². The zero-order valence-corrected chi connectivity index (χ0v) is 8.87. The average molecular weight is 213 g/mol. The lowest BCUT2D eigenvalue weighted by Crippen LogP contribution is -1.94. The summed E-state index contributed by atoms with van der Waals surface area (Å²) < 4.78 is 1.69. The topological polar surface area (TPSA) is 47.8 Å². The molecule has 0 N–H and O–H groups in total. The molecule has 0 aliphatic heterocycles. The van der Waals surface area contributed by atoms with Gasteiger partial charge in [0, 0.05) is 31.2 Å². The highest BCUT2D eigenvalue weighted by Gasteiger charge is 2.00. The molecular formula is C12H11N3O. The molecule has 4 nitrogen and oxygen atoms in total. The zero-order valence-electron chi connectivity index (χ0n) is 8.87. The molecule has 0 fully saturated rings. The van der Waals surface area contributed by atoms with Gasteiger partial charge in [-0.05, 0) is 30.4 Å². The standard InChI is InChI=1S/C12H11N3O/c1-15-8-6-11(14-15)4-5-12(16)10-3-2-7-13-9-10/h2-9H,1H3/b5-4+. The summed E-state index contributed by atoms with van der Waals surface area (Å²) in [5.74, 6) is -0.0706. The van der Waals surface area contributed by atoms with Crippen molar-refractivity contribution in [3.05, 3.63) is 54.1 Å². The Morgan fingerprint density at radius 3 is 2.94 bits per heavy atom. The summed E-state index contributed by atoms with van der Waals surface area (Å²) in [7, 11) is 1.83. The first-order valence-corrected chi connectivity index (χ1v) is 4.88. The van der Waals surface area contributed by atoms with Crippen molar-refractivity contribution in [1.82, 2.24) is 14.8 Å². The van der Waals surface area contributed by atoms with Crippen LogP contribution in [0.2, 0.25) is 0 Å². The third-order valence-corrected chi connectivity index (χ3v) is 2.09. The number of carbonyl (C=O) groups excluding carboxylic acids is 1. The summed E-state index contributed by atoms with van der Waals surface area (Å²) in [6.07, 6.45) is 8.20. The first kappa shape index (κ1) is 10.3. The predicted octanol–water partition coefficient (Wildman–Crippen LogP) is 1.71. The van der Waals surface area contributed by atoms with Gasteiger partial charge in [-0.2, -0.15) is 5.10 Å². The van der Waals surface area contributed by atoms with Gasteiger partial charge < -0.3 is 0 Å². The molecule has 0 radical (unpaired) electrons. The van der Waals surface area contributed by atoms with Gasteiger partial charge in [-0.25, -0.2) is 0 Å². The number of rotatable bonds is 3. The maximum absolute atomic E-state index is 11.7. The van der Waals surface area contributed by atoms with Gasteiger partial charge in [0.25, 0.3) is 0 Å². The van der Waals surface area contributed by atoms with Gasteiger partial charge in [0.15, 0.2) is 5.78 Å². The van der Waals surface area contributed by atoms with E-state index < -0.39 is 0 Å². The Morgan fingerprint density at radius 1 is 1.44 bits per heavy atom. The van der Waals surface area contributed by atoms with Gasteiger partial charge in [-0.3, -0.25) is 14.5 Å². The molecule has 2 heterocycles. The summed E-state index contributed by atoms with van der Waals surface area (Å²) in [6.45, 7) is 0. The fraction of sp³-hybridized carbons (Fsp3) is 0.0833. The van der Waals surface area contributed by atoms with Gasteiger partial charge in [0.05, 0.1) is 5.69 Å². The number of hydrogen-bond donors (Lipinski definition) is 0. The van der Waals surface area contributed by atoms with E-state index >= 15 is 0 Å². The predicted molar refractivity (Wildman–Crippen MR) is 60.8 cm³/mol. The number of aryl methyl sites for hydroxylation is 1. The number of hydrogen-bond acceptors (Lipinski definition) is 3. The molecule has 2 aromatic heterocycles. The lowest BCUT2D eigenvalue weighted by Gasteiger charge is -1.92. The minimum Gasteiger partial charge on any atom is -0.289 e. The van der Waals surface area contributed by atoms with E-state index in [1.807, 2.05) is 19.3 Å². The van der Waals surface area contributed by atoms with Crippen LogP contribution in [0.15, 0.2) is 42.9 Å². The summed E-state index contributed by atoms with van der Waals surface area (Å²) in [4.78, 5) is 15.6. The molecule has 2 aromatic rings. The highest BCUT2D eigenvalue weighted by atomic mass is 16.1. The van der Waals surface area contributed by atoms with Crippen LogP contribution in [0.5, 0.6) is 0 Å². The molecule has 80 valence electrons. The number of ketones is 1. The fourth-order valence-electron chi connectivity index (χ4n) is 1.29. The number of aromatic nitrogens is 3. The van der Waals surface area contributed by atoms with Crippen molar-refractivity contribution in [2.24, 2.45) is 7.05 Å². The van der Waals surface area contributed by atoms with E-state index in [0.717, 1.165) is 5.69 Å². The maximum Gasteiger partial charge on any atom is 0.187 e. The summed E-state index contributed by atoms with van der Waals surface area (Å²) >= 11 is 0. The summed E-state index contributed by atoms with van der Waals surface area (Å²) in [5, 5.41) is 4.14. The summed E-state index contributed by atoms with van der Waals surface area (Å²) in [6, 6.07) is 5.31. The molecular weight excluding hydrogens is 202 g/mol. The highest BCUT2D eigenvalue weighted by Crippen LogP contribution is 2.02. The van der Waals surface area contributed by atoms with Crippen LogP contribution in [-0.2, 0) is 7.05 Å². The second-order valence-electron chi connectivity index (χ2n) is 3.35. The van der Waals surface area contributed by atoms with Gasteiger partial charge >= 0.3 is 0 Å². The molecule has 0 unspecified atom stereocenters. The Balaban J connectivity index is 2.11. The molecule has 4 heteroatoms. The fourth-order valence-corrected chi connectivity index (χ4v) is 1.29. The minimum absolute atomic E-state index is 0.0706. The van der Waals surface area contributed by atoms with E-state index in [1.165, 1.54) is 6.08 Å². The van der Waals surface area contributed by atoms with Crippen molar-refractivity contribution >= 4 is 11.9 Å². The van der Waals surface area contributed by atoms with Crippen LogP contribution in [-0.4, -0.2) is 20.5 Å². The van der Waals surface area contributed by atoms with E-state index in [9.17, 15) is 4.79 Å². The van der Waals surface area contributed by atoms with Crippen molar-refractivity contribution in [1.29, 1.82) is 0 Å². The van der Waals surface area contributed by atoms with Crippen LogP contribution in [0.1, 0.15) is 16.1 Å². The van der Waals surface area contributed by atoms with E-state index in [1.54, 1.807) is 35.3 Å². The van der Waals surface area contributed by atoms with Crippen molar-refractivity contribution in [3.63, 3.8) is 0 Å². The van der Waals surface area contributed by atoms with E-state index in [-0.39, 0.29) is 5.78 Å². The molecule has 0 spiro atoms. The second kappa shape index (κ2) is 4.53. The Kier molecular flexibility index (Phi) is 2.91. The Morgan fingerprint density at radius 2 is 2.31 bits per heavy atom. The molecule has 0 aromatic carbocycles. The number of pyridine rings is 1. The molecule has 0 saturated heterocycles.